The number of anilines is 1. The highest BCUT2D eigenvalue weighted by molar-refractivity contribution is 6.01. The molecule has 2 rings (SSSR count). The molecule has 0 heterocycles. The van der Waals surface area contributed by atoms with Crippen molar-refractivity contribution in [3.05, 3.63) is 59.9 Å². The SMILES string of the molecule is CC(Oc1ccc(NC(=O)CC(=O)O)cc1)c1cccc(F)c1. The van der Waals surface area contributed by atoms with E-state index in [2.05, 4.69) is 5.32 Å². The molecule has 6 heteroatoms. The quantitative estimate of drug-likeness (QED) is 0.801. The van der Waals surface area contributed by atoms with E-state index in [1.54, 1.807) is 43.3 Å². The molecule has 120 valence electrons. The molecule has 0 aliphatic carbocycles. The van der Waals surface area contributed by atoms with Gasteiger partial charge >= 0.3 is 5.97 Å². The summed E-state index contributed by atoms with van der Waals surface area (Å²) in [6, 6.07) is 12.7. The van der Waals surface area contributed by atoms with Crippen LogP contribution in [0.5, 0.6) is 5.75 Å². The maximum Gasteiger partial charge on any atom is 0.312 e. The van der Waals surface area contributed by atoms with Crippen LogP contribution in [0.1, 0.15) is 25.0 Å². The third-order valence-electron chi connectivity index (χ3n) is 3.08. The van der Waals surface area contributed by atoms with Gasteiger partial charge in [0.1, 0.15) is 24.1 Å². The lowest BCUT2D eigenvalue weighted by molar-refractivity contribution is -0.139. The van der Waals surface area contributed by atoms with Crippen LogP contribution >= 0.6 is 0 Å². The Labute approximate surface area is 132 Å². The van der Waals surface area contributed by atoms with E-state index in [0.29, 0.717) is 17.0 Å². The molecule has 1 atom stereocenters. The first-order valence-corrected chi connectivity index (χ1v) is 6.98. The molecule has 0 aliphatic heterocycles. The van der Waals surface area contributed by atoms with E-state index in [1.165, 1.54) is 12.1 Å². The van der Waals surface area contributed by atoms with Crippen molar-refractivity contribution in [3.63, 3.8) is 0 Å². The van der Waals surface area contributed by atoms with Crippen LogP contribution in [-0.2, 0) is 9.59 Å². The summed E-state index contributed by atoms with van der Waals surface area (Å²) in [4.78, 5) is 21.8. The second kappa shape index (κ2) is 7.40. The number of carboxylic acids is 1. The van der Waals surface area contributed by atoms with E-state index in [4.69, 9.17) is 9.84 Å². The number of amides is 1. The molecule has 2 aromatic rings. The topological polar surface area (TPSA) is 75.6 Å². The predicted molar refractivity (Wildman–Crippen MR) is 82.8 cm³/mol. The number of halogens is 1. The van der Waals surface area contributed by atoms with Crippen molar-refractivity contribution in [2.75, 3.05) is 5.32 Å². The van der Waals surface area contributed by atoms with Gasteiger partial charge in [0.2, 0.25) is 5.91 Å². The van der Waals surface area contributed by atoms with Gasteiger partial charge < -0.3 is 15.2 Å². The minimum Gasteiger partial charge on any atom is -0.486 e. The van der Waals surface area contributed by atoms with E-state index in [1.807, 2.05) is 0 Å². The van der Waals surface area contributed by atoms with Crippen LogP contribution < -0.4 is 10.1 Å². The van der Waals surface area contributed by atoms with Gasteiger partial charge in [0.25, 0.3) is 0 Å². The zero-order valence-electron chi connectivity index (χ0n) is 12.5. The monoisotopic (exact) mass is 317 g/mol. The Bertz CT molecular complexity index is 700. The van der Waals surface area contributed by atoms with Crippen molar-refractivity contribution in [1.82, 2.24) is 0 Å². The van der Waals surface area contributed by atoms with E-state index in [-0.39, 0.29) is 11.9 Å². The third kappa shape index (κ3) is 5.10. The number of aliphatic carboxylic acids is 1. The first-order valence-electron chi connectivity index (χ1n) is 6.98. The molecule has 0 fully saturated rings. The lowest BCUT2D eigenvalue weighted by atomic mass is 10.1. The smallest absolute Gasteiger partial charge is 0.312 e. The summed E-state index contributed by atoms with van der Waals surface area (Å²) < 4.78 is 18.9. The van der Waals surface area contributed by atoms with Crippen molar-refractivity contribution in [3.8, 4) is 5.75 Å². The van der Waals surface area contributed by atoms with Crippen LogP contribution in [0.15, 0.2) is 48.5 Å². The minimum atomic E-state index is -1.19. The summed E-state index contributed by atoms with van der Waals surface area (Å²) in [7, 11) is 0. The Morgan fingerprint density at radius 3 is 2.52 bits per heavy atom. The number of rotatable bonds is 6. The van der Waals surface area contributed by atoms with Crippen molar-refractivity contribution in [1.29, 1.82) is 0 Å². The van der Waals surface area contributed by atoms with Crippen LogP contribution in [-0.4, -0.2) is 17.0 Å². The highest BCUT2D eigenvalue weighted by atomic mass is 19.1. The van der Waals surface area contributed by atoms with Gasteiger partial charge in [-0.15, -0.1) is 0 Å². The van der Waals surface area contributed by atoms with E-state index < -0.39 is 18.3 Å². The van der Waals surface area contributed by atoms with Gasteiger partial charge in [0.05, 0.1) is 0 Å². The van der Waals surface area contributed by atoms with E-state index in [0.717, 1.165) is 0 Å². The van der Waals surface area contributed by atoms with Gasteiger partial charge in [0.15, 0.2) is 0 Å². The van der Waals surface area contributed by atoms with Gasteiger partial charge in [-0.1, -0.05) is 12.1 Å². The number of benzene rings is 2. The first kappa shape index (κ1) is 16.5. The lowest BCUT2D eigenvalue weighted by Crippen LogP contribution is -2.15. The molecule has 1 unspecified atom stereocenters. The number of carbonyl (C=O) groups is 2. The summed E-state index contributed by atoms with van der Waals surface area (Å²) in [6.45, 7) is 1.80. The summed E-state index contributed by atoms with van der Waals surface area (Å²) in [5, 5.41) is 11.0. The second-order valence-corrected chi connectivity index (χ2v) is 4.96. The van der Waals surface area contributed by atoms with Gasteiger partial charge in [-0.3, -0.25) is 9.59 Å². The molecule has 0 radical (unpaired) electrons. The maximum atomic E-state index is 13.2. The van der Waals surface area contributed by atoms with Crippen LogP contribution in [0.3, 0.4) is 0 Å². The maximum absolute atomic E-state index is 13.2. The van der Waals surface area contributed by atoms with Gasteiger partial charge in [-0.2, -0.15) is 0 Å². The lowest BCUT2D eigenvalue weighted by Gasteiger charge is -2.15. The number of ether oxygens (including phenoxy) is 1. The standard InChI is InChI=1S/C17H16FNO4/c1-11(12-3-2-4-13(18)9-12)23-15-7-5-14(6-8-15)19-16(20)10-17(21)22/h2-9,11H,10H2,1H3,(H,19,20)(H,21,22). The summed E-state index contributed by atoms with van der Waals surface area (Å²) in [5.41, 5.74) is 1.19. The molecule has 5 nitrogen and oxygen atoms in total. The van der Waals surface area contributed by atoms with Gasteiger partial charge in [-0.25, -0.2) is 4.39 Å². The molecule has 23 heavy (non-hydrogen) atoms. The fourth-order valence-corrected chi connectivity index (χ4v) is 1.99. The zero-order valence-corrected chi connectivity index (χ0v) is 12.5. The minimum absolute atomic E-state index is 0.325. The van der Waals surface area contributed by atoms with Crippen molar-refractivity contribution in [2.45, 2.75) is 19.4 Å². The Balaban J connectivity index is 1.97. The fraction of sp³-hybridized carbons (Fsp3) is 0.176. The number of hydrogen-bond acceptors (Lipinski definition) is 3. The molecule has 1 amide bonds. The Morgan fingerprint density at radius 1 is 1.22 bits per heavy atom. The molecule has 0 bridgehead atoms. The molecule has 0 aliphatic rings. The molecular formula is C17H16FNO4. The number of hydrogen-bond donors (Lipinski definition) is 2. The average molecular weight is 317 g/mol. The molecular weight excluding hydrogens is 301 g/mol. The van der Waals surface area contributed by atoms with Crippen molar-refractivity contribution in [2.24, 2.45) is 0 Å². The molecule has 0 saturated heterocycles. The Morgan fingerprint density at radius 2 is 1.91 bits per heavy atom. The number of carboxylic acid groups (broad SMARTS) is 1. The zero-order chi connectivity index (χ0) is 16.8. The highest BCUT2D eigenvalue weighted by Crippen LogP contribution is 2.23. The summed E-state index contributed by atoms with van der Waals surface area (Å²) >= 11 is 0. The Kier molecular flexibility index (Phi) is 5.30. The largest absolute Gasteiger partial charge is 0.486 e. The van der Waals surface area contributed by atoms with Crippen LogP contribution in [0, 0.1) is 5.82 Å². The van der Waals surface area contributed by atoms with Gasteiger partial charge in [-0.05, 0) is 48.9 Å². The van der Waals surface area contributed by atoms with Crippen molar-refractivity contribution >= 4 is 17.6 Å². The van der Waals surface area contributed by atoms with Gasteiger partial charge in [0, 0.05) is 5.69 Å². The van der Waals surface area contributed by atoms with Crippen LogP contribution in [0.25, 0.3) is 0 Å². The van der Waals surface area contributed by atoms with Crippen LogP contribution in [0.4, 0.5) is 10.1 Å². The number of carbonyl (C=O) groups excluding carboxylic acids is 1. The van der Waals surface area contributed by atoms with Crippen molar-refractivity contribution < 1.29 is 23.8 Å². The van der Waals surface area contributed by atoms with Crippen LogP contribution in [0.2, 0.25) is 0 Å². The summed E-state index contributed by atoms with van der Waals surface area (Å²) in [6.07, 6.45) is -0.923. The van der Waals surface area contributed by atoms with E-state index >= 15 is 0 Å². The predicted octanol–water partition coefficient (Wildman–Crippen LogP) is 3.38. The molecule has 0 spiro atoms. The fourth-order valence-electron chi connectivity index (χ4n) is 1.99. The molecule has 2 aromatic carbocycles. The molecule has 0 saturated carbocycles. The first-order chi connectivity index (χ1) is 10.9. The third-order valence-corrected chi connectivity index (χ3v) is 3.08. The normalized spacial score (nSPS) is 11.6. The summed E-state index contributed by atoms with van der Waals surface area (Å²) in [5.74, 6) is -1.56. The highest BCUT2D eigenvalue weighted by Gasteiger charge is 2.10. The molecule has 0 aromatic heterocycles. The Hall–Kier alpha value is -2.89. The average Bonchev–Trinajstić information content (AvgIpc) is 2.48. The van der Waals surface area contributed by atoms with E-state index in [9.17, 15) is 14.0 Å². The number of nitrogens with one attached hydrogen (secondary N) is 1. The molecule has 2 N–H and O–H groups in total. The second-order valence-electron chi connectivity index (χ2n) is 4.96.